The molecule has 0 saturated heterocycles. The summed E-state index contributed by atoms with van der Waals surface area (Å²) >= 11 is 0. The van der Waals surface area contributed by atoms with Crippen molar-refractivity contribution in [2.75, 3.05) is 11.4 Å². The summed E-state index contributed by atoms with van der Waals surface area (Å²) in [6.07, 6.45) is 11.5. The van der Waals surface area contributed by atoms with E-state index in [0.29, 0.717) is 10.4 Å². The van der Waals surface area contributed by atoms with Gasteiger partial charge in [-0.3, -0.25) is 14.4 Å². The fourth-order valence-electron chi connectivity index (χ4n) is 7.51. The number of anilines is 1. The van der Waals surface area contributed by atoms with E-state index < -0.39 is 0 Å². The number of carbonyl (C=O) groups excluding carboxylic acids is 1. The van der Waals surface area contributed by atoms with E-state index in [-0.39, 0.29) is 44.0 Å². The van der Waals surface area contributed by atoms with Gasteiger partial charge in [0.2, 0.25) is 22.1 Å². The maximum absolute atomic E-state index is 13.3. The van der Waals surface area contributed by atoms with Gasteiger partial charge in [0.25, 0.3) is 0 Å². The molecule has 0 N–H and O–H groups in total. The molecule has 5 aromatic carbocycles. The monoisotopic (exact) mass is 708 g/mol. The first kappa shape index (κ1) is 34.7. The number of benzene rings is 4. The topological polar surface area (TPSA) is 81.4 Å². The highest BCUT2D eigenvalue weighted by Gasteiger charge is 2.28. The Balaban J connectivity index is 1.11. The minimum atomic E-state index is -0.246. The zero-order chi connectivity index (χ0) is 37.3. The second-order valence-corrected chi connectivity index (χ2v) is 14.0. The number of hydrogen-bond acceptors (Lipinski definition) is 5. The third-order valence-corrected chi connectivity index (χ3v) is 10.6. The van der Waals surface area contributed by atoms with E-state index in [1.165, 1.54) is 0 Å². The van der Waals surface area contributed by atoms with Crippen molar-refractivity contribution in [1.82, 2.24) is 0 Å². The van der Waals surface area contributed by atoms with Crippen LogP contribution in [0.5, 0.6) is 0 Å². The van der Waals surface area contributed by atoms with Crippen LogP contribution >= 0.6 is 0 Å². The lowest BCUT2D eigenvalue weighted by Crippen LogP contribution is -2.51. The molecule has 6 aromatic rings. The number of fused-ring (bicyclic) bond motifs is 2. The zero-order valence-corrected chi connectivity index (χ0v) is 30.5. The number of unbranched alkanes of at least 4 members (excludes halogenated alkanes) is 2. The normalized spacial score (nSPS) is 14.6. The molecule has 2 heterocycles. The van der Waals surface area contributed by atoms with Crippen LogP contribution in [0.4, 0.5) is 5.69 Å². The first-order chi connectivity index (χ1) is 26.4. The van der Waals surface area contributed by atoms with Gasteiger partial charge in [-0.1, -0.05) is 117 Å². The smallest absolute Gasteiger partial charge is 0.212 e. The summed E-state index contributed by atoms with van der Waals surface area (Å²) in [4.78, 5) is 42.2. The van der Waals surface area contributed by atoms with Crippen LogP contribution in [0.3, 0.4) is 0 Å². The number of para-hydroxylation sites is 2. The fourth-order valence-corrected chi connectivity index (χ4v) is 7.51. The maximum Gasteiger partial charge on any atom is 0.212 e. The molecule has 6 nitrogen and oxygen atoms in total. The Bertz CT molecular complexity index is 2920. The highest BCUT2D eigenvalue weighted by Crippen LogP contribution is 2.34. The van der Waals surface area contributed by atoms with Crippen molar-refractivity contribution in [3.63, 3.8) is 0 Å². The van der Waals surface area contributed by atoms with Gasteiger partial charge in [-0.25, -0.2) is 0 Å². The summed E-state index contributed by atoms with van der Waals surface area (Å²) in [7, 11) is 0. The number of Topliss-reactive ketones (excluding diaryl/α,β-unsaturated/α-hetero) is 1. The van der Waals surface area contributed by atoms with Crippen LogP contribution in [0.1, 0.15) is 50.8 Å². The fraction of sp³-hybridized carbons (Fsp3) is 0.167. The largest absolute Gasteiger partial charge is 0.871 e. The van der Waals surface area contributed by atoms with E-state index in [9.17, 15) is 19.5 Å². The number of allylic oxidation sites excluding steroid dienone is 4. The molecule has 266 valence electrons. The number of rotatable bonds is 8. The van der Waals surface area contributed by atoms with E-state index in [1.807, 2.05) is 72.8 Å². The Labute approximate surface area is 312 Å². The summed E-state index contributed by atoms with van der Waals surface area (Å²) in [5.74, 6) is -0.493. The van der Waals surface area contributed by atoms with Crippen LogP contribution in [-0.4, -0.2) is 12.3 Å². The molecule has 1 aromatic heterocycles. The molecule has 1 aliphatic carbocycles. The number of hydrogen-bond donors (Lipinski definition) is 0. The number of carbonyl (C=O) groups is 1. The van der Waals surface area contributed by atoms with Gasteiger partial charge < -0.3 is 10.0 Å². The Morgan fingerprint density at radius 3 is 2.02 bits per heavy atom. The van der Waals surface area contributed by atoms with Crippen molar-refractivity contribution in [2.24, 2.45) is 0 Å². The van der Waals surface area contributed by atoms with Crippen molar-refractivity contribution in [3.05, 3.63) is 201 Å². The number of nitrogens with zero attached hydrogens (tertiary/aromatic N) is 2. The van der Waals surface area contributed by atoms with Crippen LogP contribution in [0.15, 0.2) is 148 Å². The summed E-state index contributed by atoms with van der Waals surface area (Å²) in [5.41, 5.74) is 4.85. The molecule has 0 radical (unpaired) electrons. The van der Waals surface area contributed by atoms with Crippen molar-refractivity contribution in [3.8, 4) is 0 Å². The Hall–Kier alpha value is -6.40. The molecule has 0 bridgehead atoms. The minimum Gasteiger partial charge on any atom is -0.871 e. The highest BCUT2D eigenvalue weighted by atomic mass is 16.3. The van der Waals surface area contributed by atoms with Crippen LogP contribution in [0, 0.1) is 20.9 Å². The summed E-state index contributed by atoms with van der Waals surface area (Å²) in [6, 6.07) is 35.0. The third kappa shape index (κ3) is 6.13. The number of pyridine rings is 1. The van der Waals surface area contributed by atoms with E-state index in [0.717, 1.165) is 82.8 Å². The second kappa shape index (κ2) is 14.6. The lowest BCUT2D eigenvalue weighted by molar-refractivity contribution is -0.673. The van der Waals surface area contributed by atoms with E-state index in [1.54, 1.807) is 36.4 Å². The molecule has 0 saturated carbocycles. The molecular weight excluding hydrogens is 669 g/mol. The summed E-state index contributed by atoms with van der Waals surface area (Å²) in [6.45, 7) is 5.89. The lowest BCUT2D eigenvalue weighted by Gasteiger charge is -2.33. The molecule has 0 amide bonds. The van der Waals surface area contributed by atoms with Gasteiger partial charge in [-0.2, -0.15) is 4.57 Å². The number of ketones is 1. The van der Waals surface area contributed by atoms with Gasteiger partial charge in [0, 0.05) is 59.1 Å². The molecule has 2 aliphatic rings. The minimum absolute atomic E-state index is 0.200. The standard InChI is InChI=1S/C48H40N2O4/c1-3-5-27-49-37(25-23-33-11-7-9-13-41(33)49)29-39-45(51)43(46(39)52)35-19-15-31(16-20-35)32-17-21-36(22-18-32)44-47(53)40(48(44)54)30-38-26-24-34-12-8-10-14-42(34)50(38)28-6-4-2/h7-26,29-30H,3-6,27-28H2,1-2H3. The van der Waals surface area contributed by atoms with Gasteiger partial charge in [0.1, 0.15) is 6.54 Å². The quantitative estimate of drug-likeness (QED) is 0.196. The van der Waals surface area contributed by atoms with Gasteiger partial charge in [0.05, 0.1) is 10.4 Å². The number of aryl methyl sites for hydroxylation is 1. The predicted octanol–water partition coefficient (Wildman–Crippen LogP) is 5.49. The first-order valence-corrected chi connectivity index (χ1v) is 18.8. The molecule has 0 atom stereocenters. The van der Waals surface area contributed by atoms with Gasteiger partial charge in [-0.05, 0) is 63.2 Å². The van der Waals surface area contributed by atoms with Crippen molar-refractivity contribution in [2.45, 2.75) is 46.1 Å². The molecule has 0 fully saturated rings. The lowest BCUT2D eigenvalue weighted by atomic mass is 9.85. The Morgan fingerprint density at radius 2 is 1.31 bits per heavy atom. The molecule has 8 rings (SSSR count). The molecule has 0 spiro atoms. The third-order valence-electron chi connectivity index (χ3n) is 10.6. The zero-order valence-electron chi connectivity index (χ0n) is 30.5. The van der Waals surface area contributed by atoms with Crippen molar-refractivity contribution < 1.29 is 14.5 Å². The predicted molar refractivity (Wildman–Crippen MR) is 213 cm³/mol. The Kier molecular flexibility index (Phi) is 9.34. The maximum atomic E-state index is 13.3. The van der Waals surface area contributed by atoms with Crippen LogP contribution in [0.2, 0.25) is 0 Å². The van der Waals surface area contributed by atoms with Crippen molar-refractivity contribution in [1.29, 1.82) is 0 Å². The van der Waals surface area contributed by atoms with Crippen LogP contribution in [-0.2, 0) is 11.3 Å². The van der Waals surface area contributed by atoms with Gasteiger partial charge in [-0.15, -0.1) is 0 Å². The summed E-state index contributed by atoms with van der Waals surface area (Å²) < 4.78 is 2.19. The van der Waals surface area contributed by atoms with E-state index in [4.69, 9.17) is 0 Å². The number of aromatic nitrogens is 1. The van der Waals surface area contributed by atoms with Gasteiger partial charge >= 0.3 is 0 Å². The average Bonchev–Trinajstić information content (AvgIpc) is 3.21. The molecular formula is C48H40N2O4. The van der Waals surface area contributed by atoms with Crippen molar-refractivity contribution >= 4 is 40.1 Å². The molecule has 0 unspecified atom stereocenters. The van der Waals surface area contributed by atoms with Gasteiger partial charge in [0.15, 0.2) is 5.78 Å². The van der Waals surface area contributed by atoms with Crippen LogP contribution < -0.4 is 35.9 Å². The molecule has 6 heteroatoms. The SMILES string of the molecule is CCCCN1C(=CC2=C([O-])C(=c3ccc(=c4ccc(=c5c(=O)c(=Cc6ccc7ccccc7[n+]6CCCC)c5=O)cc4)cc3)C2=O)C=Cc2ccccc21. The van der Waals surface area contributed by atoms with Crippen LogP contribution in [0.25, 0.3) is 28.6 Å². The summed E-state index contributed by atoms with van der Waals surface area (Å²) in [5, 5.41) is 17.8. The Morgan fingerprint density at radius 1 is 0.667 bits per heavy atom. The van der Waals surface area contributed by atoms with E-state index >= 15 is 0 Å². The molecule has 1 aliphatic heterocycles. The molecule has 54 heavy (non-hydrogen) atoms. The second-order valence-electron chi connectivity index (χ2n) is 14.0. The first-order valence-electron chi connectivity index (χ1n) is 18.8. The highest BCUT2D eigenvalue weighted by molar-refractivity contribution is 6.37. The average molecular weight is 709 g/mol. The van der Waals surface area contributed by atoms with E-state index in [2.05, 4.69) is 47.6 Å².